The topological polar surface area (TPSA) is 60.7 Å². The normalized spacial score (nSPS) is 15.7. The maximum atomic E-state index is 9.72. The van der Waals surface area contributed by atoms with Crippen LogP contribution < -0.4 is 0 Å². The Bertz CT molecular complexity index is 304. The quantitative estimate of drug-likeness (QED) is 0.413. The van der Waals surface area contributed by atoms with Gasteiger partial charge in [0, 0.05) is 0 Å². The zero-order valence-corrected chi connectivity index (χ0v) is 15.9. The van der Waals surface area contributed by atoms with Gasteiger partial charge in [-0.2, -0.15) is 0 Å². The molecule has 2 atom stereocenters. The molecule has 0 saturated heterocycles. The van der Waals surface area contributed by atoms with E-state index in [1.165, 1.54) is 32.1 Å². The average Bonchev–Trinajstić information content (AvgIpc) is 2.45. The number of hydrogen-bond acceptors (Lipinski definition) is 3. The SMILES string of the molecule is C[C@H](CCC[C@@H](C)CCC/C(=C/CO)CO)CCCC(C)(C)O. The van der Waals surface area contributed by atoms with Gasteiger partial charge in [-0.1, -0.05) is 58.4 Å². The van der Waals surface area contributed by atoms with Crippen LogP contribution in [0.4, 0.5) is 0 Å². The minimum absolute atomic E-state index is 0.0246. The van der Waals surface area contributed by atoms with Gasteiger partial charge in [0.15, 0.2) is 0 Å². The lowest BCUT2D eigenvalue weighted by Crippen LogP contribution is -2.18. The molecule has 0 aromatic carbocycles. The van der Waals surface area contributed by atoms with E-state index < -0.39 is 5.60 Å². The minimum atomic E-state index is -0.522. The van der Waals surface area contributed by atoms with Crippen LogP contribution in [-0.2, 0) is 0 Å². The van der Waals surface area contributed by atoms with E-state index in [2.05, 4.69) is 13.8 Å². The van der Waals surface area contributed by atoms with Crippen LogP contribution >= 0.6 is 0 Å². The predicted octanol–water partition coefficient (Wildman–Crippen LogP) is 4.45. The maximum absolute atomic E-state index is 9.72. The van der Waals surface area contributed by atoms with Crippen LogP contribution in [0.25, 0.3) is 0 Å². The van der Waals surface area contributed by atoms with Gasteiger partial charge in [-0.3, -0.25) is 0 Å². The first-order valence-corrected chi connectivity index (χ1v) is 9.40. The average molecular weight is 329 g/mol. The van der Waals surface area contributed by atoms with Crippen LogP contribution in [0.3, 0.4) is 0 Å². The highest BCUT2D eigenvalue weighted by Gasteiger charge is 2.13. The zero-order valence-electron chi connectivity index (χ0n) is 15.9. The molecule has 0 amide bonds. The number of rotatable bonds is 14. The highest BCUT2D eigenvalue weighted by atomic mass is 16.3. The molecule has 0 radical (unpaired) electrons. The Morgan fingerprint density at radius 1 is 0.913 bits per heavy atom. The molecule has 0 aromatic heterocycles. The van der Waals surface area contributed by atoms with Gasteiger partial charge in [-0.25, -0.2) is 0 Å². The molecule has 0 rings (SSSR count). The van der Waals surface area contributed by atoms with Crippen LogP contribution in [-0.4, -0.2) is 34.1 Å². The summed E-state index contributed by atoms with van der Waals surface area (Å²) in [6.45, 7) is 8.50. The molecule has 3 heteroatoms. The van der Waals surface area contributed by atoms with Gasteiger partial charge in [0.25, 0.3) is 0 Å². The molecule has 0 aromatic rings. The van der Waals surface area contributed by atoms with Crippen LogP contribution in [0.5, 0.6) is 0 Å². The molecule has 0 aliphatic rings. The first-order valence-electron chi connectivity index (χ1n) is 9.40. The Morgan fingerprint density at radius 3 is 1.91 bits per heavy atom. The van der Waals surface area contributed by atoms with Gasteiger partial charge in [-0.05, 0) is 50.5 Å². The first kappa shape index (κ1) is 22.6. The van der Waals surface area contributed by atoms with Crippen molar-refractivity contribution in [1.82, 2.24) is 0 Å². The lowest BCUT2D eigenvalue weighted by Gasteiger charge is -2.19. The van der Waals surface area contributed by atoms with Crippen molar-refractivity contribution in [3.05, 3.63) is 11.6 Å². The second-order valence-corrected chi connectivity index (χ2v) is 7.94. The summed E-state index contributed by atoms with van der Waals surface area (Å²) in [5.41, 5.74) is 0.437. The van der Waals surface area contributed by atoms with Crippen molar-refractivity contribution < 1.29 is 15.3 Å². The summed E-state index contributed by atoms with van der Waals surface area (Å²) in [7, 11) is 0. The Hall–Kier alpha value is -0.380. The maximum Gasteiger partial charge on any atom is 0.0642 e. The Morgan fingerprint density at radius 2 is 1.43 bits per heavy atom. The highest BCUT2D eigenvalue weighted by Crippen LogP contribution is 2.22. The molecular formula is C20H40O3. The molecule has 0 heterocycles. The highest BCUT2D eigenvalue weighted by molar-refractivity contribution is 5.01. The Labute approximate surface area is 143 Å². The number of aliphatic hydroxyl groups excluding tert-OH is 2. The second-order valence-electron chi connectivity index (χ2n) is 7.94. The number of aliphatic hydroxyl groups is 3. The summed E-state index contributed by atoms with van der Waals surface area (Å²) < 4.78 is 0. The fraction of sp³-hybridized carbons (Fsp3) is 0.900. The van der Waals surface area contributed by atoms with E-state index in [1.807, 2.05) is 13.8 Å². The molecular weight excluding hydrogens is 288 g/mol. The first-order chi connectivity index (χ1) is 10.8. The molecule has 0 aliphatic heterocycles. The van der Waals surface area contributed by atoms with E-state index in [9.17, 15) is 5.11 Å². The molecule has 3 N–H and O–H groups in total. The Balaban J connectivity index is 3.65. The van der Waals surface area contributed by atoms with Gasteiger partial charge in [0.05, 0.1) is 18.8 Å². The molecule has 0 aliphatic carbocycles. The molecule has 0 bridgehead atoms. The Kier molecular flexibility index (Phi) is 12.8. The van der Waals surface area contributed by atoms with Gasteiger partial charge in [-0.15, -0.1) is 0 Å². The van der Waals surface area contributed by atoms with Gasteiger partial charge in [0.1, 0.15) is 0 Å². The number of hydrogen-bond donors (Lipinski definition) is 3. The smallest absolute Gasteiger partial charge is 0.0642 e. The summed E-state index contributed by atoms with van der Waals surface area (Å²) >= 11 is 0. The monoisotopic (exact) mass is 328 g/mol. The van der Waals surface area contributed by atoms with Crippen LogP contribution in [0.2, 0.25) is 0 Å². The molecule has 0 fully saturated rings. The van der Waals surface area contributed by atoms with E-state index in [0.29, 0.717) is 0 Å². The lowest BCUT2D eigenvalue weighted by molar-refractivity contribution is 0.0668. The molecule has 23 heavy (non-hydrogen) atoms. The zero-order chi connectivity index (χ0) is 17.7. The van der Waals surface area contributed by atoms with E-state index in [4.69, 9.17) is 10.2 Å². The molecule has 0 saturated carbocycles. The summed E-state index contributed by atoms with van der Waals surface area (Å²) in [5.74, 6) is 1.48. The minimum Gasteiger partial charge on any atom is -0.392 e. The standard InChI is InChI=1S/C20H40O3/c1-17(10-6-12-19(16-22)13-15-21)8-5-9-18(2)11-7-14-20(3,4)23/h13,17-18,21-23H,5-12,14-16H2,1-4H3/b19-13-/t17-,18-/m1/s1. The third kappa shape index (κ3) is 14.9. The van der Waals surface area contributed by atoms with Crippen LogP contribution in [0.1, 0.15) is 85.5 Å². The van der Waals surface area contributed by atoms with Crippen LogP contribution in [0, 0.1) is 11.8 Å². The third-order valence-corrected chi connectivity index (χ3v) is 4.66. The lowest BCUT2D eigenvalue weighted by atomic mass is 9.91. The molecule has 138 valence electrons. The van der Waals surface area contributed by atoms with E-state index in [0.717, 1.165) is 43.1 Å². The predicted molar refractivity (Wildman–Crippen MR) is 98.4 cm³/mol. The van der Waals surface area contributed by atoms with Gasteiger partial charge < -0.3 is 15.3 Å². The van der Waals surface area contributed by atoms with Crippen molar-refractivity contribution in [2.45, 2.75) is 91.1 Å². The molecule has 0 spiro atoms. The molecule has 3 nitrogen and oxygen atoms in total. The fourth-order valence-electron chi connectivity index (χ4n) is 3.04. The van der Waals surface area contributed by atoms with Crippen molar-refractivity contribution >= 4 is 0 Å². The van der Waals surface area contributed by atoms with Crippen molar-refractivity contribution in [2.75, 3.05) is 13.2 Å². The second kappa shape index (κ2) is 13.0. The van der Waals surface area contributed by atoms with E-state index in [1.54, 1.807) is 6.08 Å². The van der Waals surface area contributed by atoms with Gasteiger partial charge in [0.2, 0.25) is 0 Å². The largest absolute Gasteiger partial charge is 0.392 e. The summed E-state index contributed by atoms with van der Waals surface area (Å²) in [6, 6.07) is 0. The molecule has 0 unspecified atom stereocenters. The van der Waals surface area contributed by atoms with Crippen molar-refractivity contribution in [3.63, 3.8) is 0 Å². The summed E-state index contributed by atoms with van der Waals surface area (Å²) in [4.78, 5) is 0. The van der Waals surface area contributed by atoms with E-state index >= 15 is 0 Å². The van der Waals surface area contributed by atoms with Crippen molar-refractivity contribution in [3.8, 4) is 0 Å². The third-order valence-electron chi connectivity index (χ3n) is 4.66. The summed E-state index contributed by atoms with van der Waals surface area (Å²) in [6.07, 6.45) is 12.0. The summed E-state index contributed by atoms with van der Waals surface area (Å²) in [5, 5.41) is 27.7. The van der Waals surface area contributed by atoms with Crippen molar-refractivity contribution in [2.24, 2.45) is 11.8 Å². The van der Waals surface area contributed by atoms with Gasteiger partial charge >= 0.3 is 0 Å². The van der Waals surface area contributed by atoms with Crippen LogP contribution in [0.15, 0.2) is 11.6 Å². The van der Waals surface area contributed by atoms with Crippen molar-refractivity contribution in [1.29, 1.82) is 0 Å². The van der Waals surface area contributed by atoms with E-state index in [-0.39, 0.29) is 13.2 Å². The fourth-order valence-corrected chi connectivity index (χ4v) is 3.04.